The highest BCUT2D eigenvalue weighted by molar-refractivity contribution is 6.34. The lowest BCUT2D eigenvalue weighted by atomic mass is 10.1. The van der Waals surface area contributed by atoms with Crippen LogP contribution >= 0.6 is 23.2 Å². The van der Waals surface area contributed by atoms with Gasteiger partial charge in [0.2, 0.25) is 0 Å². The number of amides is 1. The molecule has 1 unspecified atom stereocenters. The van der Waals surface area contributed by atoms with E-state index in [1.54, 1.807) is 13.2 Å². The maximum absolute atomic E-state index is 12.4. The second-order valence-corrected chi connectivity index (χ2v) is 7.10. The Labute approximate surface area is 158 Å². The molecule has 25 heavy (non-hydrogen) atoms. The van der Waals surface area contributed by atoms with E-state index in [1.807, 2.05) is 45.2 Å². The Hall–Kier alpha value is -1.75. The van der Waals surface area contributed by atoms with Gasteiger partial charge in [-0.15, -0.1) is 0 Å². The summed E-state index contributed by atoms with van der Waals surface area (Å²) in [6.45, 7) is 4.83. The zero-order chi connectivity index (χ0) is 18.6. The van der Waals surface area contributed by atoms with Crippen molar-refractivity contribution in [2.75, 3.05) is 26.0 Å². The van der Waals surface area contributed by atoms with Crippen LogP contribution in [0, 0.1) is 13.8 Å². The predicted octanol–water partition coefficient (Wildman–Crippen LogP) is 3.27. The van der Waals surface area contributed by atoms with E-state index in [-0.39, 0.29) is 5.91 Å². The number of methoxy groups -OCH3 is 1. The van der Waals surface area contributed by atoms with Crippen LogP contribution in [0.1, 0.15) is 16.7 Å². The zero-order valence-corrected chi connectivity index (χ0v) is 16.4. The third kappa shape index (κ3) is 5.36. The van der Waals surface area contributed by atoms with Gasteiger partial charge in [-0.3, -0.25) is 4.79 Å². The molecule has 1 amide bonds. The molecule has 6 heteroatoms. The van der Waals surface area contributed by atoms with E-state index in [4.69, 9.17) is 27.9 Å². The molecular formula is C19H23Cl2N2O2+. The van der Waals surface area contributed by atoms with Gasteiger partial charge in [0.05, 0.1) is 24.9 Å². The first kappa shape index (κ1) is 19.6. The smallest absolute Gasteiger partial charge is 0.279 e. The first-order valence-corrected chi connectivity index (χ1v) is 8.76. The highest BCUT2D eigenvalue weighted by Gasteiger charge is 2.16. The molecule has 0 aromatic heterocycles. The van der Waals surface area contributed by atoms with E-state index in [0.717, 1.165) is 27.3 Å². The molecule has 4 nitrogen and oxygen atoms in total. The Morgan fingerprint density at radius 1 is 1.20 bits per heavy atom. The molecule has 0 aliphatic heterocycles. The first-order valence-electron chi connectivity index (χ1n) is 8.00. The van der Waals surface area contributed by atoms with Gasteiger partial charge < -0.3 is 15.0 Å². The molecule has 0 radical (unpaired) electrons. The van der Waals surface area contributed by atoms with Crippen molar-refractivity contribution in [2.45, 2.75) is 20.4 Å². The Kier molecular flexibility index (Phi) is 6.71. The monoisotopic (exact) mass is 381 g/mol. The number of anilines is 1. The number of hydrogen-bond donors (Lipinski definition) is 2. The molecule has 0 saturated heterocycles. The number of aryl methyl sites for hydroxylation is 2. The quantitative estimate of drug-likeness (QED) is 0.806. The summed E-state index contributed by atoms with van der Waals surface area (Å²) in [6.07, 6.45) is 0. The lowest BCUT2D eigenvalue weighted by Gasteiger charge is -2.17. The minimum atomic E-state index is -0.0904. The Balaban J connectivity index is 2.03. The molecule has 0 aliphatic rings. The van der Waals surface area contributed by atoms with Gasteiger partial charge >= 0.3 is 0 Å². The number of carbonyl (C=O) groups excluding carboxylic acids is 1. The van der Waals surface area contributed by atoms with Crippen molar-refractivity contribution in [1.82, 2.24) is 0 Å². The van der Waals surface area contributed by atoms with Crippen molar-refractivity contribution in [1.29, 1.82) is 0 Å². The van der Waals surface area contributed by atoms with Gasteiger partial charge in [0.15, 0.2) is 6.54 Å². The number of nitrogens with one attached hydrogen (secondary N) is 2. The summed E-state index contributed by atoms with van der Waals surface area (Å²) >= 11 is 12.3. The predicted molar refractivity (Wildman–Crippen MR) is 103 cm³/mol. The van der Waals surface area contributed by atoms with Crippen molar-refractivity contribution >= 4 is 34.8 Å². The average molecular weight is 382 g/mol. The van der Waals surface area contributed by atoms with Gasteiger partial charge in [0.1, 0.15) is 12.3 Å². The van der Waals surface area contributed by atoms with Gasteiger partial charge in [-0.05, 0) is 49.2 Å². The van der Waals surface area contributed by atoms with Crippen molar-refractivity contribution in [3.05, 3.63) is 57.1 Å². The molecule has 0 fully saturated rings. The third-order valence-corrected chi connectivity index (χ3v) is 4.43. The second kappa shape index (κ2) is 8.56. The standard InChI is InChI=1S/C19H22Cl2N2O2/c1-12-7-13(2)19(16(21)8-12)22-18(24)11-23(3)10-14-9-15(20)5-6-17(14)25-4/h5-9H,10-11H2,1-4H3,(H,22,24)/p+1. The molecule has 0 spiro atoms. The minimum absolute atomic E-state index is 0.0904. The fourth-order valence-corrected chi connectivity index (χ4v) is 3.37. The van der Waals surface area contributed by atoms with E-state index in [2.05, 4.69) is 5.32 Å². The van der Waals surface area contributed by atoms with Crippen LogP contribution in [0.25, 0.3) is 0 Å². The number of likely N-dealkylation sites (N-methyl/N-ethyl adjacent to an activating group) is 1. The van der Waals surface area contributed by atoms with Crippen molar-refractivity contribution < 1.29 is 14.4 Å². The van der Waals surface area contributed by atoms with Crippen LogP contribution in [0.5, 0.6) is 5.75 Å². The van der Waals surface area contributed by atoms with Crippen LogP contribution < -0.4 is 15.0 Å². The van der Waals surface area contributed by atoms with E-state index in [9.17, 15) is 4.79 Å². The van der Waals surface area contributed by atoms with Gasteiger partial charge in [0, 0.05) is 10.6 Å². The molecule has 2 aromatic carbocycles. The summed E-state index contributed by atoms with van der Waals surface area (Å²) in [5, 5.41) is 4.12. The van der Waals surface area contributed by atoms with Crippen LogP contribution in [-0.2, 0) is 11.3 Å². The Bertz CT molecular complexity index is 755. The number of carbonyl (C=O) groups is 1. The maximum Gasteiger partial charge on any atom is 0.279 e. The number of quaternary nitrogens is 1. The van der Waals surface area contributed by atoms with Gasteiger partial charge in [-0.1, -0.05) is 29.3 Å². The number of rotatable bonds is 6. The average Bonchev–Trinajstić information content (AvgIpc) is 2.51. The molecule has 2 aromatic rings. The number of ether oxygens (including phenoxy) is 1. The van der Waals surface area contributed by atoms with Crippen molar-refractivity contribution in [2.24, 2.45) is 0 Å². The SMILES string of the molecule is COc1ccc(Cl)cc1C[NH+](C)CC(=O)Nc1c(C)cc(C)cc1Cl. The van der Waals surface area contributed by atoms with Crippen LogP contribution in [0.15, 0.2) is 30.3 Å². The van der Waals surface area contributed by atoms with Crippen LogP contribution in [0.4, 0.5) is 5.69 Å². The highest BCUT2D eigenvalue weighted by atomic mass is 35.5. The van der Waals surface area contributed by atoms with Crippen LogP contribution in [0.2, 0.25) is 10.0 Å². The summed E-state index contributed by atoms with van der Waals surface area (Å²) in [6, 6.07) is 9.32. The fraction of sp³-hybridized carbons (Fsp3) is 0.316. The van der Waals surface area contributed by atoms with Gasteiger partial charge in [0.25, 0.3) is 5.91 Å². The van der Waals surface area contributed by atoms with Crippen molar-refractivity contribution in [3.63, 3.8) is 0 Å². The van der Waals surface area contributed by atoms with E-state index in [0.29, 0.717) is 28.8 Å². The molecule has 0 bridgehead atoms. The molecule has 1 atom stereocenters. The normalized spacial score (nSPS) is 11.9. The number of hydrogen-bond acceptors (Lipinski definition) is 2. The van der Waals surface area contributed by atoms with Crippen LogP contribution in [-0.4, -0.2) is 26.6 Å². The highest BCUT2D eigenvalue weighted by Crippen LogP contribution is 2.27. The third-order valence-electron chi connectivity index (χ3n) is 3.89. The molecule has 2 rings (SSSR count). The van der Waals surface area contributed by atoms with Crippen LogP contribution in [0.3, 0.4) is 0 Å². The largest absolute Gasteiger partial charge is 0.496 e. The lowest BCUT2D eigenvalue weighted by molar-refractivity contribution is -0.885. The van der Waals surface area contributed by atoms with Gasteiger partial charge in [-0.2, -0.15) is 0 Å². The zero-order valence-electron chi connectivity index (χ0n) is 14.9. The summed E-state index contributed by atoms with van der Waals surface area (Å²) in [4.78, 5) is 13.4. The summed E-state index contributed by atoms with van der Waals surface area (Å²) < 4.78 is 5.35. The van der Waals surface area contributed by atoms with E-state index in [1.165, 1.54) is 0 Å². The summed E-state index contributed by atoms with van der Waals surface area (Å²) in [7, 11) is 3.57. The molecule has 2 N–H and O–H groups in total. The topological polar surface area (TPSA) is 42.8 Å². The van der Waals surface area contributed by atoms with E-state index >= 15 is 0 Å². The summed E-state index contributed by atoms with van der Waals surface area (Å²) in [5.74, 6) is 0.675. The second-order valence-electron chi connectivity index (χ2n) is 6.25. The molecule has 0 aliphatic carbocycles. The summed E-state index contributed by atoms with van der Waals surface area (Å²) in [5.41, 5.74) is 3.65. The van der Waals surface area contributed by atoms with Gasteiger partial charge in [-0.25, -0.2) is 0 Å². The Morgan fingerprint density at radius 2 is 1.92 bits per heavy atom. The fourth-order valence-electron chi connectivity index (χ4n) is 2.80. The first-order chi connectivity index (χ1) is 11.8. The molecule has 0 heterocycles. The Morgan fingerprint density at radius 3 is 2.56 bits per heavy atom. The van der Waals surface area contributed by atoms with Crippen molar-refractivity contribution in [3.8, 4) is 5.75 Å². The molecular weight excluding hydrogens is 359 g/mol. The lowest BCUT2D eigenvalue weighted by Crippen LogP contribution is -3.08. The van der Waals surface area contributed by atoms with E-state index < -0.39 is 0 Å². The maximum atomic E-state index is 12.4. The molecule has 134 valence electrons. The minimum Gasteiger partial charge on any atom is -0.496 e. The number of benzene rings is 2. The number of halogens is 2. The molecule has 0 saturated carbocycles.